The highest BCUT2D eigenvalue weighted by molar-refractivity contribution is 5.89. The fraction of sp³-hybridized carbons (Fsp3) is 0.188. The molecule has 0 amide bonds. The summed E-state index contributed by atoms with van der Waals surface area (Å²) < 4.78 is 0. The molecule has 0 radical (unpaired) electrons. The van der Waals surface area contributed by atoms with E-state index in [4.69, 9.17) is 0 Å². The van der Waals surface area contributed by atoms with Gasteiger partial charge in [0.25, 0.3) is 0 Å². The normalized spacial score (nSPS) is 18.3. The first-order chi connectivity index (χ1) is 8.83. The topological polar surface area (TPSA) is 24.4 Å². The van der Waals surface area contributed by atoms with Gasteiger partial charge in [0, 0.05) is 12.1 Å². The molecule has 0 bridgehead atoms. The molecular weight excluding hydrogens is 220 g/mol. The number of hydrogen-bond acceptors (Lipinski definition) is 2. The summed E-state index contributed by atoms with van der Waals surface area (Å²) in [5.41, 5.74) is 4.63. The lowest BCUT2D eigenvalue weighted by Gasteiger charge is -2.18. The largest absolute Gasteiger partial charge is 0.376 e. The molecular formula is C16H16N2. The van der Waals surface area contributed by atoms with Crippen molar-refractivity contribution >= 4 is 17.1 Å². The molecule has 1 aliphatic rings. The van der Waals surface area contributed by atoms with Crippen molar-refractivity contribution in [2.75, 3.05) is 5.32 Å². The zero-order chi connectivity index (χ0) is 12.4. The van der Waals surface area contributed by atoms with Crippen LogP contribution in [-0.4, -0.2) is 5.71 Å². The Labute approximate surface area is 107 Å². The predicted molar refractivity (Wildman–Crippen MR) is 76.6 cm³/mol. The zero-order valence-corrected chi connectivity index (χ0v) is 10.4. The summed E-state index contributed by atoms with van der Waals surface area (Å²) in [6.07, 6.45) is 0.943. The molecule has 0 aromatic heterocycles. The Morgan fingerprint density at radius 3 is 2.56 bits per heavy atom. The molecule has 18 heavy (non-hydrogen) atoms. The third kappa shape index (κ3) is 2.14. The Hall–Kier alpha value is -2.09. The van der Waals surface area contributed by atoms with Crippen LogP contribution in [0.15, 0.2) is 59.6 Å². The molecule has 1 unspecified atom stereocenters. The Bertz CT molecular complexity index is 573. The third-order valence-electron chi connectivity index (χ3n) is 3.25. The summed E-state index contributed by atoms with van der Waals surface area (Å²) in [6.45, 7) is 2.10. The summed E-state index contributed by atoms with van der Waals surface area (Å²) in [7, 11) is 0. The van der Waals surface area contributed by atoms with Gasteiger partial charge in [-0.1, -0.05) is 42.5 Å². The molecule has 0 fully saturated rings. The van der Waals surface area contributed by atoms with E-state index < -0.39 is 0 Å². The third-order valence-corrected chi connectivity index (χ3v) is 3.25. The Kier molecular flexibility index (Phi) is 2.85. The first kappa shape index (κ1) is 11.0. The summed E-state index contributed by atoms with van der Waals surface area (Å²) in [4.78, 5) is 4.67. The molecule has 0 aliphatic carbocycles. The van der Waals surface area contributed by atoms with E-state index in [9.17, 15) is 0 Å². The van der Waals surface area contributed by atoms with Gasteiger partial charge in [0.2, 0.25) is 0 Å². The molecule has 90 valence electrons. The van der Waals surface area contributed by atoms with Crippen LogP contribution in [0.5, 0.6) is 0 Å². The van der Waals surface area contributed by atoms with Crippen molar-refractivity contribution in [3.63, 3.8) is 0 Å². The number of fused-ring (bicyclic) bond motifs is 1. The van der Waals surface area contributed by atoms with Gasteiger partial charge in [-0.3, -0.25) is 4.99 Å². The van der Waals surface area contributed by atoms with Gasteiger partial charge >= 0.3 is 0 Å². The maximum absolute atomic E-state index is 4.67. The number of nitrogens with one attached hydrogen (secondary N) is 1. The van der Waals surface area contributed by atoms with Crippen LogP contribution >= 0.6 is 0 Å². The van der Waals surface area contributed by atoms with Crippen LogP contribution in [0.3, 0.4) is 0 Å². The first-order valence-electron chi connectivity index (χ1n) is 6.27. The van der Waals surface area contributed by atoms with Gasteiger partial charge in [-0.05, 0) is 24.6 Å². The molecule has 1 N–H and O–H groups in total. The predicted octanol–water partition coefficient (Wildman–Crippen LogP) is 4.34. The van der Waals surface area contributed by atoms with Crippen LogP contribution in [0.1, 0.15) is 24.9 Å². The number of nitrogens with zero attached hydrogens (tertiary/aromatic N) is 1. The minimum absolute atomic E-state index is 0.304. The molecule has 2 nitrogen and oxygen atoms in total. The minimum Gasteiger partial charge on any atom is -0.376 e. The quantitative estimate of drug-likeness (QED) is 0.782. The van der Waals surface area contributed by atoms with Crippen molar-refractivity contribution < 1.29 is 0 Å². The molecule has 2 aromatic rings. The smallest absolute Gasteiger partial charge is 0.0860 e. The van der Waals surface area contributed by atoms with Crippen LogP contribution in [0.2, 0.25) is 0 Å². The Morgan fingerprint density at radius 2 is 1.72 bits per heavy atom. The summed E-state index contributed by atoms with van der Waals surface area (Å²) >= 11 is 0. The van der Waals surface area contributed by atoms with E-state index in [0.717, 1.165) is 17.8 Å². The lowest BCUT2D eigenvalue weighted by Crippen LogP contribution is -2.12. The van der Waals surface area contributed by atoms with Gasteiger partial charge in [-0.25, -0.2) is 0 Å². The van der Waals surface area contributed by atoms with Gasteiger partial charge in [-0.2, -0.15) is 0 Å². The van der Waals surface area contributed by atoms with Crippen molar-refractivity contribution in [1.82, 2.24) is 0 Å². The van der Waals surface area contributed by atoms with E-state index >= 15 is 0 Å². The number of para-hydroxylation sites is 2. The van der Waals surface area contributed by atoms with Gasteiger partial charge in [-0.15, -0.1) is 0 Å². The number of hydrogen-bond donors (Lipinski definition) is 1. The maximum Gasteiger partial charge on any atom is 0.0860 e. The molecule has 2 aromatic carbocycles. The van der Waals surface area contributed by atoms with E-state index in [1.165, 1.54) is 11.3 Å². The fourth-order valence-corrected chi connectivity index (χ4v) is 2.37. The number of anilines is 1. The van der Waals surface area contributed by atoms with Crippen LogP contribution in [0.4, 0.5) is 11.4 Å². The maximum atomic E-state index is 4.67. The minimum atomic E-state index is 0.304. The molecule has 0 spiro atoms. The molecule has 1 heterocycles. The standard InChI is InChI=1S/C16H16N2/c1-12-11-16(13-7-3-2-4-8-13)18-15-10-6-5-9-14(15)17-12/h2-10,16,18H,11H2,1H3. The summed E-state index contributed by atoms with van der Waals surface area (Å²) in [6, 6.07) is 19.1. The average Bonchev–Trinajstić information content (AvgIpc) is 2.57. The molecule has 0 saturated carbocycles. The van der Waals surface area contributed by atoms with E-state index in [0.29, 0.717) is 6.04 Å². The van der Waals surface area contributed by atoms with Gasteiger partial charge in [0.1, 0.15) is 0 Å². The summed E-state index contributed by atoms with van der Waals surface area (Å²) in [5, 5.41) is 3.59. The van der Waals surface area contributed by atoms with Crippen molar-refractivity contribution in [1.29, 1.82) is 0 Å². The lowest BCUT2D eigenvalue weighted by atomic mass is 10.0. The van der Waals surface area contributed by atoms with Crippen LogP contribution in [-0.2, 0) is 0 Å². The highest BCUT2D eigenvalue weighted by Gasteiger charge is 2.17. The van der Waals surface area contributed by atoms with E-state index in [1.54, 1.807) is 0 Å². The Balaban J connectivity index is 2.00. The van der Waals surface area contributed by atoms with Crippen molar-refractivity contribution in [2.45, 2.75) is 19.4 Å². The van der Waals surface area contributed by atoms with E-state index in [-0.39, 0.29) is 0 Å². The number of benzene rings is 2. The summed E-state index contributed by atoms with van der Waals surface area (Å²) in [5.74, 6) is 0. The van der Waals surface area contributed by atoms with Crippen LogP contribution in [0, 0.1) is 0 Å². The van der Waals surface area contributed by atoms with Gasteiger partial charge in [0.15, 0.2) is 0 Å². The van der Waals surface area contributed by atoms with E-state index in [2.05, 4.69) is 59.7 Å². The first-order valence-corrected chi connectivity index (χ1v) is 6.27. The van der Waals surface area contributed by atoms with Crippen LogP contribution in [0.25, 0.3) is 0 Å². The average molecular weight is 236 g/mol. The van der Waals surface area contributed by atoms with Gasteiger partial charge < -0.3 is 5.32 Å². The van der Waals surface area contributed by atoms with Crippen molar-refractivity contribution in [2.24, 2.45) is 4.99 Å². The van der Waals surface area contributed by atoms with E-state index in [1.807, 2.05) is 12.1 Å². The zero-order valence-electron chi connectivity index (χ0n) is 10.4. The molecule has 3 rings (SSSR count). The highest BCUT2D eigenvalue weighted by Crippen LogP contribution is 2.33. The number of aliphatic imine (C=N–C) groups is 1. The van der Waals surface area contributed by atoms with Gasteiger partial charge in [0.05, 0.1) is 17.4 Å². The highest BCUT2D eigenvalue weighted by atomic mass is 15.0. The monoisotopic (exact) mass is 236 g/mol. The lowest BCUT2D eigenvalue weighted by molar-refractivity contribution is 0.826. The molecule has 0 saturated heterocycles. The second kappa shape index (κ2) is 4.65. The van der Waals surface area contributed by atoms with Crippen molar-refractivity contribution in [3.05, 3.63) is 60.2 Å². The molecule has 2 heteroatoms. The molecule has 1 aliphatic heterocycles. The number of rotatable bonds is 1. The second-order valence-corrected chi connectivity index (χ2v) is 4.68. The Morgan fingerprint density at radius 1 is 1.00 bits per heavy atom. The van der Waals surface area contributed by atoms with Crippen LogP contribution < -0.4 is 5.32 Å². The molecule has 1 atom stereocenters. The SMILES string of the molecule is CC1=Nc2ccccc2NC(c2ccccc2)C1. The van der Waals surface area contributed by atoms with Crippen molar-refractivity contribution in [3.8, 4) is 0 Å². The fourth-order valence-electron chi connectivity index (χ4n) is 2.37. The second-order valence-electron chi connectivity index (χ2n) is 4.68.